The fourth-order valence-electron chi connectivity index (χ4n) is 4.27. The van der Waals surface area contributed by atoms with Gasteiger partial charge in [-0.2, -0.15) is 0 Å². The lowest BCUT2D eigenvalue weighted by molar-refractivity contribution is -0.136. The number of imide groups is 1. The molecule has 2 N–H and O–H groups in total. The van der Waals surface area contributed by atoms with Crippen molar-refractivity contribution in [2.24, 2.45) is 0 Å². The molecule has 1 aromatic rings. The number of nitrogens with one attached hydrogen (secondary N) is 2. The summed E-state index contributed by atoms with van der Waals surface area (Å²) in [6.45, 7) is 6.98. The predicted molar refractivity (Wildman–Crippen MR) is 117 cm³/mol. The molecule has 2 heterocycles. The van der Waals surface area contributed by atoms with Gasteiger partial charge in [-0.1, -0.05) is 0 Å². The summed E-state index contributed by atoms with van der Waals surface area (Å²) in [6.07, 6.45) is 2.12. The van der Waals surface area contributed by atoms with Crippen LogP contribution < -0.4 is 25.0 Å². The molecule has 2 aliphatic heterocycles. The lowest BCUT2D eigenvalue weighted by atomic mass is 9.77. The fraction of sp³-hybridized carbons (Fsp3) is 0.591. The van der Waals surface area contributed by atoms with E-state index < -0.39 is 17.5 Å². The zero-order valence-electron chi connectivity index (χ0n) is 18.6. The lowest BCUT2D eigenvalue weighted by Gasteiger charge is -2.34. The first-order valence-corrected chi connectivity index (χ1v) is 11.2. The number of morpholine rings is 1. The molecule has 10 nitrogen and oxygen atoms in total. The van der Waals surface area contributed by atoms with E-state index in [2.05, 4.69) is 15.5 Å². The molecule has 0 aromatic heterocycles. The normalized spacial score (nSPS) is 19.6. The Labute approximate surface area is 187 Å². The van der Waals surface area contributed by atoms with Crippen LogP contribution in [0, 0.1) is 0 Å². The number of carbonyl (C=O) groups excluding carboxylic acids is 3. The third-order valence-corrected chi connectivity index (χ3v) is 6.04. The molecule has 1 aliphatic carbocycles. The number of carbonyl (C=O) groups is 3. The Morgan fingerprint density at radius 1 is 1.12 bits per heavy atom. The highest BCUT2D eigenvalue weighted by molar-refractivity contribution is 6.10. The van der Waals surface area contributed by atoms with Gasteiger partial charge in [0.15, 0.2) is 0 Å². The highest BCUT2D eigenvalue weighted by Gasteiger charge is 2.54. The molecule has 4 rings (SSSR count). The van der Waals surface area contributed by atoms with Crippen LogP contribution in [-0.4, -0.2) is 74.3 Å². The van der Waals surface area contributed by atoms with E-state index in [1.54, 1.807) is 6.07 Å². The molecule has 32 heavy (non-hydrogen) atoms. The molecule has 1 saturated carbocycles. The van der Waals surface area contributed by atoms with Gasteiger partial charge in [-0.25, -0.2) is 4.79 Å². The van der Waals surface area contributed by atoms with E-state index in [1.807, 2.05) is 19.9 Å². The molecule has 3 fully saturated rings. The first kappa shape index (κ1) is 22.2. The van der Waals surface area contributed by atoms with E-state index in [0.717, 1.165) is 30.1 Å². The van der Waals surface area contributed by atoms with Crippen LogP contribution in [0.1, 0.15) is 33.1 Å². The van der Waals surface area contributed by atoms with Crippen molar-refractivity contribution >= 4 is 29.2 Å². The van der Waals surface area contributed by atoms with E-state index >= 15 is 0 Å². The second-order valence-corrected chi connectivity index (χ2v) is 8.09. The third kappa shape index (κ3) is 4.19. The summed E-state index contributed by atoms with van der Waals surface area (Å²) >= 11 is 0. The molecule has 1 spiro atoms. The van der Waals surface area contributed by atoms with Gasteiger partial charge in [-0.05, 0) is 33.1 Å². The standard InChI is InChI=1S/C22H30N4O6/c1-3-31-17-13-16(25-8-10-30-11-9-25)18(32-4-2)12-15(17)23-19(27)14-26-20(28)22(6-5-7-22)24-21(26)29/h12-13H,3-11,14H2,1-2H3,(H,23,27)(H,24,29). The van der Waals surface area contributed by atoms with E-state index in [0.29, 0.717) is 56.5 Å². The summed E-state index contributed by atoms with van der Waals surface area (Å²) in [5.41, 5.74) is 0.496. The van der Waals surface area contributed by atoms with Crippen molar-refractivity contribution in [3.63, 3.8) is 0 Å². The summed E-state index contributed by atoms with van der Waals surface area (Å²) in [7, 11) is 0. The van der Waals surface area contributed by atoms with E-state index in [-0.39, 0.29) is 12.5 Å². The molecule has 174 valence electrons. The maximum Gasteiger partial charge on any atom is 0.325 e. The van der Waals surface area contributed by atoms with Crippen LogP contribution >= 0.6 is 0 Å². The number of amides is 4. The van der Waals surface area contributed by atoms with Crippen LogP contribution in [0.15, 0.2) is 12.1 Å². The van der Waals surface area contributed by atoms with Crippen molar-refractivity contribution in [1.29, 1.82) is 0 Å². The zero-order chi connectivity index (χ0) is 22.7. The molecule has 2 saturated heterocycles. The Hall–Kier alpha value is -3.01. The average Bonchev–Trinajstić information content (AvgIpc) is 3.01. The Balaban J connectivity index is 1.53. The van der Waals surface area contributed by atoms with Crippen LogP contribution in [0.4, 0.5) is 16.2 Å². The van der Waals surface area contributed by atoms with Gasteiger partial charge >= 0.3 is 6.03 Å². The minimum absolute atomic E-state index is 0.327. The van der Waals surface area contributed by atoms with Crippen LogP contribution in [0.5, 0.6) is 11.5 Å². The first-order valence-electron chi connectivity index (χ1n) is 11.2. The summed E-state index contributed by atoms with van der Waals surface area (Å²) in [6, 6.07) is 3.07. The van der Waals surface area contributed by atoms with Gasteiger partial charge in [0.2, 0.25) is 5.91 Å². The summed E-state index contributed by atoms with van der Waals surface area (Å²) in [4.78, 5) is 40.8. The van der Waals surface area contributed by atoms with Crippen LogP contribution in [0.25, 0.3) is 0 Å². The molecule has 0 atom stereocenters. The molecule has 0 unspecified atom stereocenters. The van der Waals surface area contributed by atoms with Crippen molar-refractivity contribution in [2.45, 2.75) is 38.6 Å². The maximum atomic E-state index is 12.8. The number of ether oxygens (including phenoxy) is 3. The smallest absolute Gasteiger partial charge is 0.325 e. The predicted octanol–water partition coefficient (Wildman–Crippen LogP) is 1.73. The molecular weight excluding hydrogens is 416 g/mol. The number of anilines is 2. The highest BCUT2D eigenvalue weighted by Crippen LogP contribution is 2.40. The maximum absolute atomic E-state index is 12.8. The van der Waals surface area contributed by atoms with Crippen molar-refractivity contribution in [3.8, 4) is 11.5 Å². The number of hydrogen-bond donors (Lipinski definition) is 2. The molecule has 4 amide bonds. The average molecular weight is 447 g/mol. The lowest BCUT2D eigenvalue weighted by Crippen LogP contribution is -2.52. The second kappa shape index (κ2) is 9.23. The van der Waals surface area contributed by atoms with Gasteiger partial charge in [0.1, 0.15) is 23.6 Å². The highest BCUT2D eigenvalue weighted by atomic mass is 16.5. The van der Waals surface area contributed by atoms with Crippen LogP contribution in [0.2, 0.25) is 0 Å². The third-order valence-electron chi connectivity index (χ3n) is 6.04. The number of nitrogens with zero attached hydrogens (tertiary/aromatic N) is 2. The minimum Gasteiger partial charge on any atom is -0.492 e. The molecule has 10 heteroatoms. The largest absolute Gasteiger partial charge is 0.492 e. The summed E-state index contributed by atoms with van der Waals surface area (Å²) < 4.78 is 17.1. The summed E-state index contributed by atoms with van der Waals surface area (Å²) in [5.74, 6) is 0.314. The van der Waals surface area contributed by atoms with Crippen molar-refractivity contribution in [3.05, 3.63) is 12.1 Å². The number of urea groups is 1. The van der Waals surface area contributed by atoms with Crippen molar-refractivity contribution in [1.82, 2.24) is 10.2 Å². The summed E-state index contributed by atoms with van der Waals surface area (Å²) in [5, 5.41) is 5.53. The molecular formula is C22H30N4O6. The van der Waals surface area contributed by atoms with Crippen LogP contribution in [-0.2, 0) is 14.3 Å². The SMILES string of the molecule is CCOc1cc(N2CCOCC2)c(OCC)cc1NC(=O)CN1C(=O)NC2(CCC2)C1=O. The van der Waals surface area contributed by atoms with Gasteiger partial charge in [0, 0.05) is 25.2 Å². The van der Waals surface area contributed by atoms with Crippen LogP contribution in [0.3, 0.4) is 0 Å². The quantitative estimate of drug-likeness (QED) is 0.586. The Morgan fingerprint density at radius 2 is 1.81 bits per heavy atom. The van der Waals surface area contributed by atoms with Crippen molar-refractivity contribution < 1.29 is 28.6 Å². The zero-order valence-corrected chi connectivity index (χ0v) is 18.6. The van der Waals surface area contributed by atoms with E-state index in [4.69, 9.17) is 14.2 Å². The molecule has 0 bridgehead atoms. The van der Waals surface area contributed by atoms with Gasteiger partial charge < -0.3 is 29.7 Å². The van der Waals surface area contributed by atoms with Gasteiger partial charge in [0.05, 0.1) is 37.8 Å². The molecule has 0 radical (unpaired) electrons. The number of benzene rings is 1. The van der Waals surface area contributed by atoms with E-state index in [1.165, 1.54) is 0 Å². The van der Waals surface area contributed by atoms with Gasteiger partial charge in [-0.3, -0.25) is 14.5 Å². The Kier molecular flexibility index (Phi) is 6.40. The first-order chi connectivity index (χ1) is 15.5. The van der Waals surface area contributed by atoms with E-state index in [9.17, 15) is 14.4 Å². The van der Waals surface area contributed by atoms with Gasteiger partial charge in [0.25, 0.3) is 5.91 Å². The van der Waals surface area contributed by atoms with Gasteiger partial charge in [-0.15, -0.1) is 0 Å². The topological polar surface area (TPSA) is 109 Å². The minimum atomic E-state index is -0.810. The number of rotatable bonds is 8. The second-order valence-electron chi connectivity index (χ2n) is 8.09. The Bertz CT molecular complexity index is 895. The van der Waals surface area contributed by atoms with Crippen molar-refractivity contribution in [2.75, 3.05) is 56.3 Å². The Morgan fingerprint density at radius 3 is 2.41 bits per heavy atom. The molecule has 3 aliphatic rings. The monoisotopic (exact) mass is 446 g/mol. The number of hydrogen-bond acceptors (Lipinski definition) is 7. The fourth-order valence-corrected chi connectivity index (χ4v) is 4.27. The molecule has 1 aromatic carbocycles.